The largest absolute Gasteiger partial charge is 1.00 e. The van der Waals surface area contributed by atoms with E-state index in [4.69, 9.17) is 16.3 Å². The molecule has 94 valence electrons. The molecular weight excluding hydrogens is 291 g/mol. The van der Waals surface area contributed by atoms with E-state index < -0.39 is 0 Å². The van der Waals surface area contributed by atoms with Crippen molar-refractivity contribution in [3.8, 4) is 5.75 Å². The van der Waals surface area contributed by atoms with Crippen LogP contribution in [0.3, 0.4) is 0 Å². The number of alkyl halides is 1. The van der Waals surface area contributed by atoms with Crippen molar-refractivity contribution in [2.75, 3.05) is 5.88 Å². The average molecular weight is 301 g/mol. The summed E-state index contributed by atoms with van der Waals surface area (Å²) in [5.41, 5.74) is 0.795. The van der Waals surface area contributed by atoms with Crippen molar-refractivity contribution in [3.05, 3.63) is 23.8 Å². The zero-order chi connectivity index (χ0) is 12.7. The van der Waals surface area contributed by atoms with Gasteiger partial charge in [0.15, 0.2) is 0 Å². The quantitative estimate of drug-likeness (QED) is 0.125. The number of halogens is 1. The fourth-order valence-electron chi connectivity index (χ4n) is 1.09. The number of ether oxygens (including phenoxy) is 1. The number of esters is 1. The topological polar surface area (TPSA) is 67.8 Å². The first kappa shape index (κ1) is 18.2. The van der Waals surface area contributed by atoms with Gasteiger partial charge in [0.1, 0.15) is 5.75 Å². The van der Waals surface area contributed by atoms with E-state index in [1.807, 2.05) is 0 Å². The summed E-state index contributed by atoms with van der Waals surface area (Å²) in [6.07, 6.45) is 0.157. The van der Waals surface area contributed by atoms with Crippen molar-refractivity contribution < 1.29 is 53.7 Å². The zero-order valence-corrected chi connectivity index (χ0v) is 13.5. The Morgan fingerprint density at radius 2 is 2.22 bits per heavy atom. The van der Waals surface area contributed by atoms with Crippen LogP contribution in [-0.2, 0) is 14.2 Å². The van der Waals surface area contributed by atoms with Gasteiger partial charge < -0.3 is 9.99 Å². The van der Waals surface area contributed by atoms with Gasteiger partial charge in [-0.2, -0.15) is 4.33 Å². The van der Waals surface area contributed by atoms with Crippen molar-refractivity contribution in [2.45, 2.75) is 18.2 Å². The van der Waals surface area contributed by atoms with E-state index in [1.54, 1.807) is 25.1 Å². The number of hydrogen-bond donors (Lipinski definition) is 0. The SMILES string of the molecule is Cc1cc(OC(=O)CCCl)ccc1SOO[O-].[Na+]. The Morgan fingerprint density at radius 1 is 1.50 bits per heavy atom. The van der Waals surface area contributed by atoms with Gasteiger partial charge in [0.05, 0.1) is 18.5 Å². The second-order valence-corrected chi connectivity index (χ2v) is 4.18. The molecule has 0 amide bonds. The maximum atomic E-state index is 11.2. The van der Waals surface area contributed by atoms with Crippen LogP contribution >= 0.6 is 23.6 Å². The monoisotopic (exact) mass is 300 g/mol. The molecule has 0 aliphatic heterocycles. The normalized spacial score (nSPS) is 9.72. The van der Waals surface area contributed by atoms with E-state index >= 15 is 0 Å². The minimum absolute atomic E-state index is 0. The Bertz CT molecular complexity index is 391. The van der Waals surface area contributed by atoms with Crippen LogP contribution in [0, 0.1) is 6.92 Å². The van der Waals surface area contributed by atoms with Crippen LogP contribution in [0.2, 0.25) is 0 Å². The summed E-state index contributed by atoms with van der Waals surface area (Å²) in [5, 5.41) is 12.9. The molecule has 0 aliphatic rings. The molecule has 0 saturated heterocycles. The second-order valence-electron chi connectivity index (χ2n) is 3.06. The minimum atomic E-state index is -0.390. The predicted octanol–water partition coefficient (Wildman–Crippen LogP) is -1.24. The van der Waals surface area contributed by atoms with E-state index in [0.717, 1.165) is 17.6 Å². The Kier molecular flexibility index (Phi) is 10.2. The van der Waals surface area contributed by atoms with Crippen molar-refractivity contribution in [2.24, 2.45) is 0 Å². The predicted molar refractivity (Wildman–Crippen MR) is 60.2 cm³/mol. The molecule has 0 aromatic heterocycles. The maximum absolute atomic E-state index is 11.2. The Balaban J connectivity index is 0.00000289. The molecule has 0 spiro atoms. The van der Waals surface area contributed by atoms with Gasteiger partial charge in [-0.25, -0.2) is 0 Å². The summed E-state index contributed by atoms with van der Waals surface area (Å²) < 4.78 is 9.22. The first-order valence-corrected chi connectivity index (χ1v) is 5.95. The molecule has 0 fully saturated rings. The smallest absolute Gasteiger partial charge is 0.691 e. The van der Waals surface area contributed by atoms with E-state index in [2.05, 4.69) is 9.37 Å². The van der Waals surface area contributed by atoms with Crippen LogP contribution in [0.15, 0.2) is 23.1 Å². The first-order valence-electron chi connectivity index (χ1n) is 4.68. The molecule has 0 bridgehead atoms. The molecule has 1 rings (SSSR count). The van der Waals surface area contributed by atoms with Crippen LogP contribution in [0.5, 0.6) is 5.75 Å². The van der Waals surface area contributed by atoms with Gasteiger partial charge in [-0.3, -0.25) is 9.83 Å². The Labute approximate surface area is 136 Å². The first-order chi connectivity index (χ1) is 8.17. The standard InChI is InChI=1S/C10H11ClO5S.Na/c1-7-6-8(14-10(12)4-5-11)2-3-9(7)17-16-15-13;/h2-3,6,13H,4-5H2,1H3;/q;+1/p-1. The molecule has 18 heavy (non-hydrogen) atoms. The number of aryl methyl sites for hydroxylation is 1. The second kappa shape index (κ2) is 10.1. The van der Waals surface area contributed by atoms with Gasteiger partial charge in [-0.15, -0.1) is 11.6 Å². The number of benzene rings is 1. The number of hydrogen-bond acceptors (Lipinski definition) is 6. The fraction of sp³-hybridized carbons (Fsp3) is 0.300. The van der Waals surface area contributed by atoms with Crippen molar-refractivity contribution in [3.63, 3.8) is 0 Å². The molecule has 0 unspecified atom stereocenters. The summed E-state index contributed by atoms with van der Waals surface area (Å²) in [6.45, 7) is 1.79. The summed E-state index contributed by atoms with van der Waals surface area (Å²) in [7, 11) is 0. The van der Waals surface area contributed by atoms with E-state index in [1.165, 1.54) is 0 Å². The third-order valence-corrected chi connectivity index (χ3v) is 2.78. The zero-order valence-electron chi connectivity index (χ0n) is 9.97. The van der Waals surface area contributed by atoms with Crippen LogP contribution in [-0.4, -0.2) is 11.8 Å². The third-order valence-electron chi connectivity index (χ3n) is 1.83. The van der Waals surface area contributed by atoms with Crippen molar-refractivity contribution in [1.29, 1.82) is 0 Å². The molecule has 1 aromatic carbocycles. The van der Waals surface area contributed by atoms with Gasteiger partial charge in [0.2, 0.25) is 0 Å². The molecule has 0 N–H and O–H groups in total. The number of rotatable bonds is 6. The number of carbonyl (C=O) groups is 1. The molecule has 0 saturated carbocycles. The van der Waals surface area contributed by atoms with Gasteiger partial charge in [-0.1, -0.05) is 0 Å². The summed E-state index contributed by atoms with van der Waals surface area (Å²) in [4.78, 5) is 11.9. The minimum Gasteiger partial charge on any atom is -0.691 e. The van der Waals surface area contributed by atoms with Crippen LogP contribution in [0.4, 0.5) is 0 Å². The summed E-state index contributed by atoms with van der Waals surface area (Å²) in [6, 6.07) is 4.90. The molecule has 0 heterocycles. The van der Waals surface area contributed by atoms with Crippen LogP contribution < -0.4 is 39.6 Å². The fourth-order valence-corrected chi connectivity index (χ4v) is 1.66. The maximum Gasteiger partial charge on any atom is 1.00 e. The van der Waals surface area contributed by atoms with Crippen molar-refractivity contribution >= 4 is 29.6 Å². The average Bonchev–Trinajstić information content (AvgIpc) is 2.28. The van der Waals surface area contributed by atoms with Crippen molar-refractivity contribution in [1.82, 2.24) is 0 Å². The molecule has 5 nitrogen and oxygen atoms in total. The molecule has 8 heteroatoms. The van der Waals surface area contributed by atoms with E-state index in [-0.39, 0.29) is 47.8 Å². The van der Waals surface area contributed by atoms with Gasteiger partial charge in [-0.05, 0) is 30.7 Å². The molecular formula is C10H10ClNaO5S. The molecule has 1 aromatic rings. The summed E-state index contributed by atoms with van der Waals surface area (Å²) in [5.74, 6) is 0.254. The Hall–Kier alpha value is 0.210. The molecule has 0 radical (unpaired) electrons. The molecule has 0 atom stereocenters. The van der Waals surface area contributed by atoms with Crippen LogP contribution in [0.25, 0.3) is 0 Å². The van der Waals surface area contributed by atoms with Gasteiger partial charge >= 0.3 is 35.5 Å². The third kappa shape index (κ3) is 6.40. The number of carbonyl (C=O) groups excluding carboxylic acids is 1. The Morgan fingerprint density at radius 3 is 2.78 bits per heavy atom. The summed E-state index contributed by atoms with van der Waals surface area (Å²) >= 11 is 6.20. The van der Waals surface area contributed by atoms with E-state index in [9.17, 15) is 10.1 Å². The molecule has 0 aliphatic carbocycles. The van der Waals surface area contributed by atoms with Gasteiger partial charge in [0.25, 0.3) is 0 Å². The van der Waals surface area contributed by atoms with Gasteiger partial charge in [0, 0.05) is 10.8 Å². The van der Waals surface area contributed by atoms with Crippen LogP contribution in [0.1, 0.15) is 12.0 Å². The van der Waals surface area contributed by atoms with E-state index in [0.29, 0.717) is 10.6 Å².